The van der Waals surface area contributed by atoms with Gasteiger partial charge in [-0.1, -0.05) is 0 Å². The molecular weight excluding hydrogens is 210 g/mol. The van der Waals surface area contributed by atoms with Gasteiger partial charge >= 0.3 is 5.97 Å². The number of aliphatic carboxylic acids is 1. The maximum atomic E-state index is 10.8. The summed E-state index contributed by atoms with van der Waals surface area (Å²) in [5.41, 5.74) is 1.63. The maximum absolute atomic E-state index is 10.8. The van der Waals surface area contributed by atoms with Crippen molar-refractivity contribution in [1.29, 1.82) is 0 Å². The fraction of sp³-hybridized carbons (Fsp3) is 0.364. The van der Waals surface area contributed by atoms with E-state index in [0.717, 1.165) is 0 Å². The molecule has 1 atom stereocenters. The Hall–Kier alpha value is -1.91. The molecule has 1 N–H and O–H groups in total. The third kappa shape index (κ3) is 2.18. The molecule has 86 valence electrons. The van der Waals surface area contributed by atoms with Gasteiger partial charge in [0.15, 0.2) is 0 Å². The number of carboxylic acid groups (broad SMARTS) is 1. The van der Waals surface area contributed by atoms with E-state index in [1.165, 1.54) is 0 Å². The second-order valence-electron chi connectivity index (χ2n) is 3.82. The Morgan fingerprint density at radius 3 is 2.12 bits per heavy atom. The van der Waals surface area contributed by atoms with Gasteiger partial charge in [0, 0.05) is 11.1 Å². The lowest BCUT2D eigenvalue weighted by molar-refractivity contribution is -0.386. The van der Waals surface area contributed by atoms with Gasteiger partial charge in [-0.2, -0.15) is 0 Å². The minimum Gasteiger partial charge on any atom is -0.481 e. The van der Waals surface area contributed by atoms with Gasteiger partial charge in [0.1, 0.15) is 0 Å². The molecular formula is C11H13NO4. The third-order valence-corrected chi connectivity index (χ3v) is 2.57. The molecule has 1 aromatic rings. The molecule has 0 aliphatic carbocycles. The molecule has 1 aromatic carbocycles. The molecule has 0 fully saturated rings. The smallest absolute Gasteiger partial charge is 0.310 e. The fourth-order valence-corrected chi connectivity index (χ4v) is 1.67. The highest BCUT2D eigenvalue weighted by molar-refractivity contribution is 5.76. The van der Waals surface area contributed by atoms with Gasteiger partial charge in [-0.3, -0.25) is 14.9 Å². The Bertz CT molecular complexity index is 430. The minimum absolute atomic E-state index is 0.0568. The van der Waals surface area contributed by atoms with Crippen molar-refractivity contribution in [2.45, 2.75) is 26.7 Å². The van der Waals surface area contributed by atoms with Crippen LogP contribution in [0.4, 0.5) is 5.69 Å². The molecule has 0 radical (unpaired) electrons. The quantitative estimate of drug-likeness (QED) is 0.630. The van der Waals surface area contributed by atoms with Crippen LogP contribution in [0, 0.1) is 24.0 Å². The first-order valence-corrected chi connectivity index (χ1v) is 4.83. The SMILES string of the molecule is Cc1cc(C(C)C(=O)O)cc(C)c1[N+](=O)[O-]. The third-order valence-electron chi connectivity index (χ3n) is 2.57. The number of nitrogens with zero attached hydrogens (tertiary/aromatic N) is 1. The molecule has 0 saturated heterocycles. The molecule has 0 amide bonds. The van der Waals surface area contributed by atoms with Crippen LogP contribution in [0.2, 0.25) is 0 Å². The number of nitro benzene ring substituents is 1. The van der Waals surface area contributed by atoms with Crippen LogP contribution in [0.1, 0.15) is 29.5 Å². The van der Waals surface area contributed by atoms with Crippen LogP contribution in [-0.2, 0) is 4.79 Å². The van der Waals surface area contributed by atoms with E-state index in [-0.39, 0.29) is 5.69 Å². The normalized spacial score (nSPS) is 12.2. The summed E-state index contributed by atoms with van der Waals surface area (Å²) in [6.07, 6.45) is 0. The molecule has 0 spiro atoms. The molecule has 0 aliphatic heterocycles. The Morgan fingerprint density at radius 2 is 1.81 bits per heavy atom. The lowest BCUT2D eigenvalue weighted by Crippen LogP contribution is -2.08. The van der Waals surface area contributed by atoms with E-state index in [4.69, 9.17) is 5.11 Å². The lowest BCUT2D eigenvalue weighted by Gasteiger charge is -2.09. The van der Waals surface area contributed by atoms with Crippen molar-refractivity contribution in [1.82, 2.24) is 0 Å². The highest BCUT2D eigenvalue weighted by Crippen LogP contribution is 2.27. The average Bonchev–Trinajstić information content (AvgIpc) is 2.14. The van der Waals surface area contributed by atoms with Crippen molar-refractivity contribution in [2.75, 3.05) is 0 Å². The van der Waals surface area contributed by atoms with Crippen LogP contribution >= 0.6 is 0 Å². The molecule has 0 heterocycles. The molecule has 0 aromatic heterocycles. The van der Waals surface area contributed by atoms with Crippen molar-refractivity contribution in [2.24, 2.45) is 0 Å². The number of carboxylic acids is 1. The summed E-state index contributed by atoms with van der Waals surface area (Å²) < 4.78 is 0. The van der Waals surface area contributed by atoms with Gasteiger partial charge in [0.05, 0.1) is 10.8 Å². The summed E-state index contributed by atoms with van der Waals surface area (Å²) in [6.45, 7) is 4.79. The van der Waals surface area contributed by atoms with Crippen molar-refractivity contribution < 1.29 is 14.8 Å². The number of rotatable bonds is 3. The van der Waals surface area contributed by atoms with Gasteiger partial charge in [-0.15, -0.1) is 0 Å². The van der Waals surface area contributed by atoms with Crippen LogP contribution in [0.5, 0.6) is 0 Å². The first-order chi connectivity index (χ1) is 7.34. The summed E-state index contributed by atoms with van der Waals surface area (Å²) >= 11 is 0. The summed E-state index contributed by atoms with van der Waals surface area (Å²) in [4.78, 5) is 21.1. The van der Waals surface area contributed by atoms with Gasteiger partial charge in [0.2, 0.25) is 0 Å². The summed E-state index contributed by atoms with van der Waals surface area (Å²) in [7, 11) is 0. The Labute approximate surface area is 92.9 Å². The van der Waals surface area contributed by atoms with Crippen LogP contribution in [0.25, 0.3) is 0 Å². The number of aryl methyl sites for hydroxylation is 2. The monoisotopic (exact) mass is 223 g/mol. The highest BCUT2D eigenvalue weighted by atomic mass is 16.6. The molecule has 5 nitrogen and oxygen atoms in total. The summed E-state index contributed by atoms with van der Waals surface area (Å²) in [5.74, 6) is -1.59. The van der Waals surface area contributed by atoms with Crippen LogP contribution < -0.4 is 0 Å². The van der Waals surface area contributed by atoms with E-state index in [9.17, 15) is 14.9 Å². The zero-order valence-electron chi connectivity index (χ0n) is 9.35. The predicted molar refractivity (Wildman–Crippen MR) is 58.6 cm³/mol. The molecule has 1 unspecified atom stereocenters. The number of nitro groups is 1. The zero-order chi connectivity index (χ0) is 12.5. The zero-order valence-corrected chi connectivity index (χ0v) is 9.35. The topological polar surface area (TPSA) is 80.4 Å². The molecule has 0 bridgehead atoms. The molecule has 0 aliphatic rings. The number of hydrogen-bond acceptors (Lipinski definition) is 3. The first-order valence-electron chi connectivity index (χ1n) is 4.83. The molecule has 16 heavy (non-hydrogen) atoms. The van der Waals surface area contributed by atoms with Crippen LogP contribution in [0.3, 0.4) is 0 Å². The van der Waals surface area contributed by atoms with Gasteiger partial charge < -0.3 is 5.11 Å². The highest BCUT2D eigenvalue weighted by Gasteiger charge is 2.20. The molecule has 5 heteroatoms. The average molecular weight is 223 g/mol. The Morgan fingerprint density at radius 1 is 1.38 bits per heavy atom. The Balaban J connectivity index is 3.30. The largest absolute Gasteiger partial charge is 0.481 e. The summed E-state index contributed by atoms with van der Waals surface area (Å²) in [5, 5.41) is 19.6. The minimum atomic E-state index is -0.937. The number of carbonyl (C=O) groups is 1. The van der Waals surface area contributed by atoms with Crippen LogP contribution in [-0.4, -0.2) is 16.0 Å². The van der Waals surface area contributed by atoms with Crippen molar-refractivity contribution in [3.63, 3.8) is 0 Å². The van der Waals surface area contributed by atoms with E-state index >= 15 is 0 Å². The van der Waals surface area contributed by atoms with E-state index in [1.807, 2.05) is 0 Å². The van der Waals surface area contributed by atoms with Crippen molar-refractivity contribution in [3.05, 3.63) is 38.9 Å². The van der Waals surface area contributed by atoms with Gasteiger partial charge in [0.25, 0.3) is 5.69 Å². The van der Waals surface area contributed by atoms with Gasteiger partial charge in [-0.05, 0) is 38.5 Å². The van der Waals surface area contributed by atoms with E-state index in [0.29, 0.717) is 16.7 Å². The van der Waals surface area contributed by atoms with Crippen molar-refractivity contribution >= 4 is 11.7 Å². The first kappa shape index (κ1) is 12.2. The van der Waals surface area contributed by atoms with E-state index in [2.05, 4.69) is 0 Å². The number of hydrogen-bond donors (Lipinski definition) is 1. The second kappa shape index (κ2) is 4.30. The second-order valence-corrected chi connectivity index (χ2v) is 3.82. The summed E-state index contributed by atoms with van der Waals surface area (Å²) in [6, 6.07) is 3.12. The lowest BCUT2D eigenvalue weighted by atomic mass is 9.96. The predicted octanol–water partition coefficient (Wildman–Crippen LogP) is 2.40. The fourth-order valence-electron chi connectivity index (χ4n) is 1.67. The Kier molecular flexibility index (Phi) is 3.27. The van der Waals surface area contributed by atoms with E-state index < -0.39 is 16.8 Å². The van der Waals surface area contributed by atoms with E-state index in [1.54, 1.807) is 32.9 Å². The van der Waals surface area contributed by atoms with Crippen molar-refractivity contribution in [3.8, 4) is 0 Å². The van der Waals surface area contributed by atoms with Gasteiger partial charge in [-0.25, -0.2) is 0 Å². The van der Waals surface area contributed by atoms with Crippen LogP contribution in [0.15, 0.2) is 12.1 Å². The molecule has 0 saturated carbocycles. The number of benzene rings is 1. The molecule has 1 rings (SSSR count). The standard InChI is InChI=1S/C11H13NO4/c1-6-4-9(8(3)11(13)14)5-7(2)10(6)12(15)16/h4-5,8H,1-3H3,(H,13,14). The maximum Gasteiger partial charge on any atom is 0.310 e.